The molecule has 0 saturated heterocycles. The molecule has 0 bridgehead atoms. The molecule has 0 amide bonds. The Balaban J connectivity index is 1.21. The maximum absolute atomic E-state index is 2.84. The van der Waals surface area contributed by atoms with E-state index in [1.54, 1.807) is 0 Å². The van der Waals surface area contributed by atoms with Crippen LogP contribution in [0.5, 0.6) is 0 Å². The molecule has 2 atom stereocenters. The first-order valence-corrected chi connectivity index (χ1v) is 37.0. The van der Waals surface area contributed by atoms with Crippen LogP contribution in [0.4, 0.5) is 34.1 Å². The molecule has 1 aromatic heterocycles. The van der Waals surface area contributed by atoms with Gasteiger partial charge in [-0.3, -0.25) is 0 Å². The second-order valence-corrected chi connectivity index (χ2v) is 40.0. The standard InChI is InChI=1S/C83H97BN2SSi/c1-52(53-31-38-60(39-32-53)88(19,20)79(8,9)10)73(55-29-25-22-26-30-55)56-45-70-74-71(46-56)86(68-50-65-63(80(11,12)41-43-82(65,15)16)48-61(68)54-27-23-21-24-28-54)69-51-66-64(81(13,14)42-44-83(66,17)18)49-67(69)84(74)76-75(62-47-58(78(5,6)7)35-40-72(62)87-76)85(70)59-36-33-57(34-37-59)77(2,3)4/h21-40,45-52,73H,41-44H2,1-20H3. The van der Waals surface area contributed by atoms with Crippen molar-refractivity contribution in [1.82, 2.24) is 0 Å². The van der Waals surface area contributed by atoms with E-state index >= 15 is 0 Å². The first-order chi connectivity index (χ1) is 41.2. The molecule has 3 heterocycles. The van der Waals surface area contributed by atoms with Gasteiger partial charge >= 0.3 is 0 Å². The van der Waals surface area contributed by atoms with Crippen molar-refractivity contribution in [3.63, 3.8) is 0 Å². The van der Waals surface area contributed by atoms with E-state index in [0.29, 0.717) is 0 Å². The van der Waals surface area contributed by atoms with Gasteiger partial charge in [0.05, 0.1) is 19.4 Å². The Kier molecular flexibility index (Phi) is 14.1. The lowest BCUT2D eigenvalue weighted by molar-refractivity contribution is 0.332. The zero-order valence-corrected chi connectivity index (χ0v) is 58.8. The third kappa shape index (κ3) is 9.84. The summed E-state index contributed by atoms with van der Waals surface area (Å²) >= 11 is 2.04. The van der Waals surface area contributed by atoms with Crippen LogP contribution in [0, 0.1) is 0 Å². The van der Waals surface area contributed by atoms with Gasteiger partial charge in [-0.25, -0.2) is 0 Å². The summed E-state index contributed by atoms with van der Waals surface area (Å²) in [7, 11) is -1.80. The summed E-state index contributed by atoms with van der Waals surface area (Å²) in [6.45, 7) is 49.2. The molecule has 2 unspecified atom stereocenters. The Bertz CT molecular complexity index is 4200. The SMILES string of the molecule is CC(c1ccc([Si](C)(C)C(C)(C)C)cc1)C(c1ccccc1)c1cc2c3c(c1)N(c1ccc(C(C)(C)C)cc1)c1c(sc4ccc(C(C)(C)C)cc14)B3c1cc3c(cc1N2c1cc2c(cc1-c1ccccc1)C(C)(C)CCC2(C)C)C(C)(C)CCC3(C)C. The fourth-order valence-corrected chi connectivity index (χ4v) is 18.9. The summed E-state index contributed by atoms with van der Waals surface area (Å²) in [5.41, 5.74) is 25.7. The van der Waals surface area contributed by atoms with Crippen LogP contribution < -0.4 is 30.7 Å². The molecule has 0 saturated carbocycles. The molecule has 452 valence electrons. The van der Waals surface area contributed by atoms with E-state index in [1.807, 2.05) is 11.3 Å². The fraction of sp³-hybridized carbons (Fsp3) is 0.398. The van der Waals surface area contributed by atoms with Crippen LogP contribution in [-0.2, 0) is 32.5 Å². The lowest BCUT2D eigenvalue weighted by Crippen LogP contribution is -2.61. The Morgan fingerprint density at radius 2 is 0.977 bits per heavy atom. The fourth-order valence-electron chi connectivity index (χ4n) is 15.7. The van der Waals surface area contributed by atoms with Gasteiger partial charge in [-0.1, -0.05) is 252 Å². The quantitative estimate of drug-likeness (QED) is 0.140. The number of fused-ring (bicyclic) bond motifs is 8. The van der Waals surface area contributed by atoms with Crippen molar-refractivity contribution < 1.29 is 0 Å². The highest BCUT2D eigenvalue weighted by atomic mass is 32.1. The van der Waals surface area contributed by atoms with Gasteiger partial charge in [-0.15, -0.1) is 11.3 Å². The topological polar surface area (TPSA) is 6.48 Å². The molecule has 4 aliphatic rings. The maximum atomic E-state index is 2.84. The summed E-state index contributed by atoms with van der Waals surface area (Å²) in [4.78, 5) is 5.59. The minimum atomic E-state index is -1.80. The summed E-state index contributed by atoms with van der Waals surface area (Å²) in [6.07, 6.45) is 4.59. The molecule has 5 heteroatoms. The summed E-state index contributed by atoms with van der Waals surface area (Å²) in [5.74, 6) is 0.152. The first kappa shape index (κ1) is 60.5. The third-order valence-corrected chi connectivity index (χ3v) is 29.6. The highest BCUT2D eigenvalue weighted by molar-refractivity contribution is 7.33. The third-order valence-electron chi connectivity index (χ3n) is 22.9. The minimum Gasteiger partial charge on any atom is -0.311 e. The lowest BCUT2D eigenvalue weighted by Gasteiger charge is -2.48. The largest absolute Gasteiger partial charge is 0.311 e. The van der Waals surface area contributed by atoms with E-state index in [1.165, 1.54) is 126 Å². The van der Waals surface area contributed by atoms with Crippen LogP contribution in [0.1, 0.15) is 212 Å². The molecular weight excluding hydrogens is 1100 g/mol. The van der Waals surface area contributed by atoms with Crippen molar-refractivity contribution >= 4 is 91.2 Å². The van der Waals surface area contributed by atoms with E-state index in [2.05, 4.69) is 311 Å². The monoisotopic (exact) mass is 1190 g/mol. The second-order valence-electron chi connectivity index (χ2n) is 33.6. The van der Waals surface area contributed by atoms with Gasteiger partial charge in [0.2, 0.25) is 0 Å². The molecule has 2 nitrogen and oxygen atoms in total. The summed E-state index contributed by atoms with van der Waals surface area (Å²) in [5, 5.41) is 3.09. The van der Waals surface area contributed by atoms with Crippen LogP contribution in [-0.4, -0.2) is 14.8 Å². The number of rotatable bonds is 8. The molecule has 0 N–H and O–H groups in total. The van der Waals surface area contributed by atoms with Crippen molar-refractivity contribution in [3.05, 3.63) is 214 Å². The molecule has 2 aliphatic heterocycles. The van der Waals surface area contributed by atoms with Crippen LogP contribution in [0.25, 0.3) is 21.2 Å². The van der Waals surface area contributed by atoms with Crippen molar-refractivity contribution in [1.29, 1.82) is 0 Å². The molecule has 0 radical (unpaired) electrons. The molecule has 2 aliphatic carbocycles. The van der Waals surface area contributed by atoms with Crippen molar-refractivity contribution in [2.75, 3.05) is 9.80 Å². The highest BCUT2D eigenvalue weighted by Crippen LogP contribution is 2.57. The van der Waals surface area contributed by atoms with Gasteiger partial charge in [-0.05, 0) is 190 Å². The molecule has 0 fully saturated rings. The predicted molar refractivity (Wildman–Crippen MR) is 389 cm³/mol. The van der Waals surface area contributed by atoms with Gasteiger partial charge in [0.1, 0.15) is 0 Å². The average molecular weight is 1190 g/mol. The second kappa shape index (κ2) is 20.6. The number of nitrogens with zero attached hydrogens (tertiary/aromatic N) is 2. The van der Waals surface area contributed by atoms with E-state index in [0.717, 1.165) is 25.7 Å². The van der Waals surface area contributed by atoms with Gasteiger partial charge < -0.3 is 9.80 Å². The van der Waals surface area contributed by atoms with Crippen LogP contribution in [0.2, 0.25) is 18.1 Å². The zero-order valence-electron chi connectivity index (χ0n) is 57.0. The van der Waals surface area contributed by atoms with Gasteiger partial charge in [-0.2, -0.15) is 0 Å². The highest BCUT2D eigenvalue weighted by Gasteiger charge is 2.50. The number of hydrogen-bond acceptors (Lipinski definition) is 3. The number of anilines is 6. The van der Waals surface area contributed by atoms with Crippen molar-refractivity contribution in [3.8, 4) is 11.1 Å². The first-order valence-electron chi connectivity index (χ1n) is 33.2. The van der Waals surface area contributed by atoms with Crippen LogP contribution in [0.3, 0.4) is 0 Å². The molecule has 13 rings (SSSR count). The lowest BCUT2D eigenvalue weighted by atomic mass is 9.35. The Labute approximate surface area is 535 Å². The van der Waals surface area contributed by atoms with E-state index < -0.39 is 8.07 Å². The normalized spacial score (nSPS) is 18.0. The predicted octanol–water partition coefficient (Wildman–Crippen LogP) is 21.6. The van der Waals surface area contributed by atoms with E-state index in [9.17, 15) is 0 Å². The molecule has 88 heavy (non-hydrogen) atoms. The molecule has 9 aromatic rings. The van der Waals surface area contributed by atoms with Crippen LogP contribution >= 0.6 is 11.3 Å². The summed E-state index contributed by atoms with van der Waals surface area (Å²) < 4.78 is 2.78. The van der Waals surface area contributed by atoms with Crippen molar-refractivity contribution in [2.45, 2.75) is 213 Å². The van der Waals surface area contributed by atoms with Gasteiger partial charge in [0.25, 0.3) is 6.71 Å². The van der Waals surface area contributed by atoms with Crippen molar-refractivity contribution in [2.24, 2.45) is 0 Å². The average Bonchev–Trinajstić information content (AvgIpc) is 1.13. The van der Waals surface area contributed by atoms with E-state index in [-0.39, 0.29) is 56.1 Å². The Morgan fingerprint density at radius 3 is 1.52 bits per heavy atom. The number of thiophene rings is 1. The number of benzene rings is 8. The Hall–Kier alpha value is -6.40. The van der Waals surface area contributed by atoms with Gasteiger partial charge in [0, 0.05) is 49.1 Å². The maximum Gasteiger partial charge on any atom is 0.264 e. The molecule has 8 aromatic carbocycles. The Morgan fingerprint density at radius 1 is 0.477 bits per heavy atom. The molecular formula is C83H97BN2SSi. The van der Waals surface area contributed by atoms with E-state index in [4.69, 9.17) is 0 Å². The zero-order chi connectivity index (χ0) is 62.8. The van der Waals surface area contributed by atoms with Gasteiger partial charge in [0.15, 0.2) is 0 Å². The summed E-state index contributed by atoms with van der Waals surface area (Å²) in [6, 6.07) is 66.3. The number of hydrogen-bond donors (Lipinski definition) is 0. The smallest absolute Gasteiger partial charge is 0.264 e. The van der Waals surface area contributed by atoms with Crippen LogP contribution in [0.15, 0.2) is 164 Å². The minimum absolute atomic E-state index is 0.00363. The molecule has 0 spiro atoms.